The minimum Gasteiger partial charge on any atom is -0.490 e. The Morgan fingerprint density at radius 2 is 1.56 bits per heavy atom. The highest BCUT2D eigenvalue weighted by Gasteiger charge is 2.23. The fourth-order valence-corrected chi connectivity index (χ4v) is 3.66. The zero-order chi connectivity index (χ0) is 18.6. The molecule has 0 N–H and O–H groups in total. The molecule has 6 heteroatoms. The third-order valence-corrected chi connectivity index (χ3v) is 5.52. The number of morpholine rings is 1. The molecule has 2 aromatic rings. The lowest BCUT2D eigenvalue weighted by Gasteiger charge is -2.34. The van der Waals surface area contributed by atoms with E-state index in [0.717, 1.165) is 69.6 Å². The van der Waals surface area contributed by atoms with Gasteiger partial charge in [-0.1, -0.05) is 6.07 Å². The van der Waals surface area contributed by atoms with Crippen molar-refractivity contribution >= 4 is 11.6 Å². The number of piperidine rings is 1. The fraction of sp³-hybridized carbons (Fsp3) is 0.524. The maximum absolute atomic E-state index is 6.21. The standard InChI is InChI=1S/C21H28N4O2/c1-16-3-4-19(13-17(16)2)27-18-5-7-24(8-6-18)20-14-21(23-15-22-20)25-9-11-26-12-10-25/h3-4,13-15,18H,5-12H2,1-2H3. The number of hydrogen-bond donors (Lipinski definition) is 0. The van der Waals surface area contributed by atoms with Gasteiger partial charge in [0.25, 0.3) is 0 Å². The van der Waals surface area contributed by atoms with E-state index in [1.807, 2.05) is 0 Å². The van der Waals surface area contributed by atoms with Gasteiger partial charge < -0.3 is 19.3 Å². The first kappa shape index (κ1) is 18.0. The van der Waals surface area contributed by atoms with E-state index < -0.39 is 0 Å². The number of nitrogens with zero attached hydrogens (tertiary/aromatic N) is 4. The van der Waals surface area contributed by atoms with Crippen LogP contribution in [0, 0.1) is 13.8 Å². The Morgan fingerprint density at radius 3 is 2.22 bits per heavy atom. The molecular formula is C21H28N4O2. The largest absolute Gasteiger partial charge is 0.490 e. The lowest BCUT2D eigenvalue weighted by molar-refractivity contribution is 0.122. The van der Waals surface area contributed by atoms with Gasteiger partial charge >= 0.3 is 0 Å². The molecule has 2 saturated heterocycles. The molecule has 0 radical (unpaired) electrons. The third kappa shape index (κ3) is 4.33. The van der Waals surface area contributed by atoms with Crippen LogP contribution in [0.2, 0.25) is 0 Å². The molecule has 6 nitrogen and oxygen atoms in total. The van der Waals surface area contributed by atoms with Crippen LogP contribution in [0.15, 0.2) is 30.6 Å². The maximum Gasteiger partial charge on any atom is 0.134 e. The molecule has 0 unspecified atom stereocenters. The van der Waals surface area contributed by atoms with Crippen LogP contribution >= 0.6 is 0 Å². The van der Waals surface area contributed by atoms with Crippen LogP contribution in [0.4, 0.5) is 11.6 Å². The van der Waals surface area contributed by atoms with E-state index >= 15 is 0 Å². The summed E-state index contributed by atoms with van der Waals surface area (Å²) < 4.78 is 11.6. The lowest BCUT2D eigenvalue weighted by atomic mass is 10.1. The van der Waals surface area contributed by atoms with Crippen LogP contribution in [-0.2, 0) is 4.74 Å². The molecule has 0 bridgehead atoms. The number of benzene rings is 1. The van der Waals surface area contributed by atoms with Crippen LogP contribution in [0.1, 0.15) is 24.0 Å². The molecule has 4 rings (SSSR count). The van der Waals surface area contributed by atoms with Gasteiger partial charge in [-0.25, -0.2) is 9.97 Å². The van der Waals surface area contributed by atoms with Crippen molar-refractivity contribution in [2.45, 2.75) is 32.8 Å². The molecule has 1 aromatic carbocycles. The number of hydrogen-bond acceptors (Lipinski definition) is 6. The van der Waals surface area contributed by atoms with E-state index in [-0.39, 0.29) is 6.10 Å². The summed E-state index contributed by atoms with van der Waals surface area (Å²) in [5.41, 5.74) is 2.58. The average molecular weight is 368 g/mol. The van der Waals surface area contributed by atoms with Crippen molar-refractivity contribution in [2.75, 3.05) is 49.2 Å². The smallest absolute Gasteiger partial charge is 0.134 e. The predicted octanol–water partition coefficient (Wildman–Crippen LogP) is 2.98. The van der Waals surface area contributed by atoms with Crippen molar-refractivity contribution in [2.24, 2.45) is 0 Å². The molecule has 0 amide bonds. The molecule has 2 fully saturated rings. The third-order valence-electron chi connectivity index (χ3n) is 5.52. The van der Waals surface area contributed by atoms with Gasteiger partial charge in [0.2, 0.25) is 0 Å². The van der Waals surface area contributed by atoms with E-state index in [1.165, 1.54) is 11.1 Å². The highest BCUT2D eigenvalue weighted by molar-refractivity contribution is 5.50. The topological polar surface area (TPSA) is 50.7 Å². The molecule has 144 valence electrons. The molecule has 1 aromatic heterocycles. The van der Waals surface area contributed by atoms with Crippen LogP contribution in [0.5, 0.6) is 5.75 Å². The van der Waals surface area contributed by atoms with Crippen molar-refractivity contribution < 1.29 is 9.47 Å². The SMILES string of the molecule is Cc1ccc(OC2CCN(c3cc(N4CCOCC4)ncn3)CC2)cc1C. The number of aromatic nitrogens is 2. The Morgan fingerprint density at radius 1 is 0.889 bits per heavy atom. The first-order chi connectivity index (χ1) is 13.2. The highest BCUT2D eigenvalue weighted by Crippen LogP contribution is 2.25. The summed E-state index contributed by atoms with van der Waals surface area (Å²) in [6.45, 7) is 9.48. The fourth-order valence-electron chi connectivity index (χ4n) is 3.66. The molecule has 0 saturated carbocycles. The van der Waals surface area contributed by atoms with E-state index in [2.05, 4.69) is 57.9 Å². The molecule has 2 aliphatic heterocycles. The van der Waals surface area contributed by atoms with Gasteiger partial charge in [-0.2, -0.15) is 0 Å². The summed E-state index contributed by atoms with van der Waals surface area (Å²) in [6.07, 6.45) is 3.95. The van der Waals surface area contributed by atoms with E-state index in [9.17, 15) is 0 Å². The molecular weight excluding hydrogens is 340 g/mol. The van der Waals surface area contributed by atoms with Crippen LogP contribution in [0.25, 0.3) is 0 Å². The highest BCUT2D eigenvalue weighted by atomic mass is 16.5. The molecule has 27 heavy (non-hydrogen) atoms. The normalized spacial score (nSPS) is 18.6. The predicted molar refractivity (Wildman–Crippen MR) is 107 cm³/mol. The molecule has 2 aliphatic rings. The Balaban J connectivity index is 1.35. The summed E-state index contributed by atoms with van der Waals surface area (Å²) in [4.78, 5) is 13.6. The van der Waals surface area contributed by atoms with E-state index in [1.54, 1.807) is 6.33 Å². The van der Waals surface area contributed by atoms with Crippen LogP contribution < -0.4 is 14.5 Å². The Bertz CT molecular complexity index is 769. The summed E-state index contributed by atoms with van der Waals surface area (Å²) in [7, 11) is 0. The van der Waals surface area contributed by atoms with Crippen LogP contribution in [0.3, 0.4) is 0 Å². The van der Waals surface area contributed by atoms with Gasteiger partial charge in [-0.05, 0) is 37.1 Å². The number of ether oxygens (including phenoxy) is 2. The Labute approximate surface area is 161 Å². The maximum atomic E-state index is 6.21. The van der Waals surface area contributed by atoms with Gasteiger partial charge in [0.1, 0.15) is 29.8 Å². The van der Waals surface area contributed by atoms with Crippen molar-refractivity contribution in [1.29, 1.82) is 0 Å². The first-order valence-corrected chi connectivity index (χ1v) is 9.82. The molecule has 0 spiro atoms. The van der Waals surface area contributed by atoms with Gasteiger partial charge in [0.05, 0.1) is 13.2 Å². The molecule has 0 atom stereocenters. The zero-order valence-electron chi connectivity index (χ0n) is 16.2. The molecule has 3 heterocycles. The van der Waals surface area contributed by atoms with Gasteiger partial charge in [-0.3, -0.25) is 0 Å². The van der Waals surface area contributed by atoms with Crippen molar-refractivity contribution in [1.82, 2.24) is 9.97 Å². The van der Waals surface area contributed by atoms with E-state index in [0.29, 0.717) is 0 Å². The number of aryl methyl sites for hydroxylation is 2. The average Bonchev–Trinajstić information content (AvgIpc) is 2.72. The second-order valence-corrected chi connectivity index (χ2v) is 7.38. The Hall–Kier alpha value is -2.34. The van der Waals surface area contributed by atoms with Crippen LogP contribution in [-0.4, -0.2) is 55.5 Å². The summed E-state index contributed by atoms with van der Waals surface area (Å²) >= 11 is 0. The second-order valence-electron chi connectivity index (χ2n) is 7.38. The van der Waals surface area contributed by atoms with Gasteiger partial charge in [0.15, 0.2) is 0 Å². The minimum absolute atomic E-state index is 0.268. The second kappa shape index (κ2) is 8.13. The summed E-state index contributed by atoms with van der Waals surface area (Å²) in [5, 5.41) is 0. The lowest BCUT2D eigenvalue weighted by Crippen LogP contribution is -2.39. The van der Waals surface area contributed by atoms with Crippen molar-refractivity contribution in [3.05, 3.63) is 41.7 Å². The molecule has 0 aliphatic carbocycles. The summed E-state index contributed by atoms with van der Waals surface area (Å²) in [5.74, 6) is 2.99. The minimum atomic E-state index is 0.268. The first-order valence-electron chi connectivity index (χ1n) is 9.82. The number of rotatable bonds is 4. The van der Waals surface area contributed by atoms with Crippen molar-refractivity contribution in [3.8, 4) is 5.75 Å². The quantitative estimate of drug-likeness (QED) is 0.827. The zero-order valence-corrected chi connectivity index (χ0v) is 16.2. The summed E-state index contributed by atoms with van der Waals surface area (Å²) in [6, 6.07) is 8.46. The Kier molecular flexibility index (Phi) is 5.43. The van der Waals surface area contributed by atoms with Crippen molar-refractivity contribution in [3.63, 3.8) is 0 Å². The number of anilines is 2. The van der Waals surface area contributed by atoms with Gasteiger partial charge in [-0.15, -0.1) is 0 Å². The van der Waals surface area contributed by atoms with E-state index in [4.69, 9.17) is 9.47 Å². The van der Waals surface area contributed by atoms with Gasteiger partial charge in [0, 0.05) is 45.1 Å². The monoisotopic (exact) mass is 368 g/mol.